The summed E-state index contributed by atoms with van der Waals surface area (Å²) in [6, 6.07) is 10.1. The molecule has 4 rings (SSSR count). The molecule has 0 amide bonds. The van der Waals surface area contributed by atoms with Gasteiger partial charge in [0.2, 0.25) is 5.88 Å². The average Bonchev–Trinajstić information content (AvgIpc) is 2.92. The van der Waals surface area contributed by atoms with Gasteiger partial charge in [-0.2, -0.15) is 0 Å². The van der Waals surface area contributed by atoms with Crippen LogP contribution in [0.4, 0.5) is 0 Å². The first-order valence-corrected chi connectivity index (χ1v) is 13.0. The molecule has 39 heavy (non-hydrogen) atoms. The van der Waals surface area contributed by atoms with Crippen LogP contribution >= 0.6 is 43.5 Å². The Hall–Kier alpha value is -3.45. The third-order valence-corrected chi connectivity index (χ3v) is 5.91. The van der Waals surface area contributed by atoms with Gasteiger partial charge in [0.05, 0.1) is 11.7 Å². The normalized spacial score (nSPS) is 11.5. The predicted octanol–water partition coefficient (Wildman–Crippen LogP) is 6.41. The van der Waals surface area contributed by atoms with Crippen LogP contribution in [0, 0.1) is 0 Å². The van der Waals surface area contributed by atoms with E-state index in [0.29, 0.717) is 8.95 Å². The number of aromatic nitrogens is 4. The Morgan fingerprint density at radius 1 is 0.821 bits per heavy atom. The summed E-state index contributed by atoms with van der Waals surface area (Å²) in [7, 11) is 0. The second-order valence-electron chi connectivity index (χ2n) is 7.61. The molecule has 0 bridgehead atoms. The number of hydrogen-bond donors (Lipinski definition) is 3. The zero-order valence-corrected chi connectivity index (χ0v) is 24.5. The molecule has 2 unspecified atom stereocenters. The smallest absolute Gasteiger partial charge is 0.341 e. The maximum Gasteiger partial charge on any atom is 0.341 e. The summed E-state index contributed by atoms with van der Waals surface area (Å²) in [4.78, 5) is 36.9. The number of carboxylic acids is 2. The molecule has 4 heterocycles. The minimum Gasteiger partial charge on any atom is -0.478 e. The van der Waals surface area contributed by atoms with Gasteiger partial charge in [0.25, 0.3) is 0 Å². The lowest BCUT2D eigenvalue weighted by Gasteiger charge is -2.15. The standard InChI is InChI=1S/C13H11BrN2O3.C7H9NO.C6H3BrClNO2/c1-8(9-2-4-15-5-3-9)19-12-11(13(17)18)6-10(14)7-16-12;1-6(9)7-2-4-8-5-3-7;7-3-1-4(6(10)11)5(8)9-2-3/h2-8H,1H3,(H,17,18);2-6,9H,1H3;1-2H,(H,10,11). The summed E-state index contributed by atoms with van der Waals surface area (Å²) >= 11 is 11.7. The summed E-state index contributed by atoms with van der Waals surface area (Å²) in [5, 5.41) is 26.7. The van der Waals surface area contributed by atoms with Gasteiger partial charge >= 0.3 is 11.9 Å². The fourth-order valence-electron chi connectivity index (χ4n) is 2.76. The number of carboxylic acid groups (broad SMARTS) is 2. The Morgan fingerprint density at radius 3 is 1.72 bits per heavy atom. The highest BCUT2D eigenvalue weighted by molar-refractivity contribution is 9.10. The molecule has 10 nitrogen and oxygen atoms in total. The number of pyridine rings is 4. The molecule has 0 fully saturated rings. The molecule has 0 saturated heterocycles. The van der Waals surface area contributed by atoms with Crippen molar-refractivity contribution in [2.24, 2.45) is 0 Å². The van der Waals surface area contributed by atoms with Gasteiger partial charge in [-0.1, -0.05) is 11.6 Å². The molecule has 3 N–H and O–H groups in total. The monoisotopic (exact) mass is 680 g/mol. The fraction of sp³-hybridized carbons (Fsp3) is 0.154. The summed E-state index contributed by atoms with van der Waals surface area (Å²) in [5.74, 6) is -2.06. The fourth-order valence-corrected chi connectivity index (χ4v) is 3.61. The molecule has 0 aliphatic heterocycles. The molecular formula is C26H23Br2ClN4O6. The lowest BCUT2D eigenvalue weighted by atomic mass is 10.2. The van der Waals surface area contributed by atoms with Crippen molar-refractivity contribution in [3.63, 3.8) is 0 Å². The average molecular weight is 683 g/mol. The molecule has 0 aliphatic rings. The van der Waals surface area contributed by atoms with Crippen molar-refractivity contribution in [3.8, 4) is 5.88 Å². The van der Waals surface area contributed by atoms with E-state index in [1.165, 1.54) is 24.5 Å². The Morgan fingerprint density at radius 2 is 1.28 bits per heavy atom. The highest BCUT2D eigenvalue weighted by atomic mass is 79.9. The molecule has 4 aromatic heterocycles. The van der Waals surface area contributed by atoms with Crippen LogP contribution in [0.5, 0.6) is 5.88 Å². The van der Waals surface area contributed by atoms with Crippen molar-refractivity contribution in [1.29, 1.82) is 0 Å². The Balaban J connectivity index is 0.000000226. The molecule has 13 heteroatoms. The van der Waals surface area contributed by atoms with Gasteiger partial charge in [0.15, 0.2) is 0 Å². The summed E-state index contributed by atoms with van der Waals surface area (Å²) < 4.78 is 6.80. The quantitative estimate of drug-likeness (QED) is 0.194. The van der Waals surface area contributed by atoms with E-state index >= 15 is 0 Å². The number of aromatic carboxylic acids is 2. The van der Waals surface area contributed by atoms with Gasteiger partial charge in [-0.3, -0.25) is 9.97 Å². The van der Waals surface area contributed by atoms with Gasteiger partial charge in [0.1, 0.15) is 16.8 Å². The van der Waals surface area contributed by atoms with E-state index in [1.54, 1.807) is 43.8 Å². The van der Waals surface area contributed by atoms with E-state index in [0.717, 1.165) is 11.1 Å². The largest absolute Gasteiger partial charge is 0.478 e. The van der Waals surface area contributed by atoms with E-state index in [9.17, 15) is 9.59 Å². The molecule has 2 atom stereocenters. The van der Waals surface area contributed by atoms with Crippen molar-refractivity contribution in [3.05, 3.63) is 110 Å². The van der Waals surface area contributed by atoms with Gasteiger partial charge < -0.3 is 20.1 Å². The number of carbonyl (C=O) groups is 2. The molecular weight excluding hydrogens is 660 g/mol. The Kier molecular flexibility index (Phi) is 12.9. The maximum atomic E-state index is 11.1. The van der Waals surface area contributed by atoms with Crippen LogP contribution in [-0.2, 0) is 0 Å². The maximum absolute atomic E-state index is 11.1. The molecule has 4 aromatic rings. The van der Waals surface area contributed by atoms with Crippen molar-refractivity contribution in [1.82, 2.24) is 19.9 Å². The second-order valence-corrected chi connectivity index (χ2v) is 9.79. The van der Waals surface area contributed by atoms with Gasteiger partial charge in [-0.25, -0.2) is 19.6 Å². The van der Waals surface area contributed by atoms with Crippen LogP contribution in [0.25, 0.3) is 0 Å². The van der Waals surface area contributed by atoms with Crippen LogP contribution in [-0.4, -0.2) is 47.2 Å². The number of halogens is 3. The third kappa shape index (κ3) is 10.7. The van der Waals surface area contributed by atoms with Crippen molar-refractivity contribution in [2.45, 2.75) is 26.1 Å². The first-order chi connectivity index (χ1) is 18.5. The first-order valence-electron chi connectivity index (χ1n) is 11.1. The summed E-state index contributed by atoms with van der Waals surface area (Å²) in [6.07, 6.45) is 8.90. The van der Waals surface area contributed by atoms with Crippen LogP contribution < -0.4 is 4.74 Å². The molecule has 0 aliphatic carbocycles. The molecule has 0 spiro atoms. The second kappa shape index (κ2) is 15.8. The zero-order valence-electron chi connectivity index (χ0n) is 20.6. The lowest BCUT2D eigenvalue weighted by Crippen LogP contribution is -2.09. The van der Waals surface area contributed by atoms with Crippen molar-refractivity contribution < 1.29 is 29.6 Å². The van der Waals surface area contributed by atoms with Gasteiger partial charge in [-0.05, 0) is 93.2 Å². The SMILES string of the molecule is CC(O)c1ccncc1.CC(Oc1ncc(Br)cc1C(=O)O)c1ccncc1.O=C(O)c1cc(Br)cnc1Cl. The number of rotatable bonds is 6. The Labute approximate surface area is 246 Å². The van der Waals surface area contributed by atoms with E-state index in [-0.39, 0.29) is 34.4 Å². The third-order valence-electron chi connectivity index (χ3n) is 4.74. The molecule has 0 radical (unpaired) electrons. The van der Waals surface area contributed by atoms with Crippen LogP contribution in [0.2, 0.25) is 5.15 Å². The van der Waals surface area contributed by atoms with E-state index in [4.69, 9.17) is 31.7 Å². The number of hydrogen-bond acceptors (Lipinski definition) is 8. The summed E-state index contributed by atoms with van der Waals surface area (Å²) in [6.45, 7) is 3.56. The topological polar surface area (TPSA) is 156 Å². The number of nitrogens with zero attached hydrogens (tertiary/aromatic N) is 4. The van der Waals surface area contributed by atoms with Crippen LogP contribution in [0.1, 0.15) is 57.9 Å². The number of aliphatic hydroxyl groups excluding tert-OH is 1. The highest BCUT2D eigenvalue weighted by Crippen LogP contribution is 2.25. The first kappa shape index (κ1) is 31.8. The number of aliphatic hydroxyl groups is 1. The minimum absolute atomic E-state index is 0.000648. The van der Waals surface area contributed by atoms with Crippen molar-refractivity contribution in [2.75, 3.05) is 0 Å². The molecule has 0 saturated carbocycles. The van der Waals surface area contributed by atoms with E-state index < -0.39 is 11.9 Å². The van der Waals surface area contributed by atoms with Crippen LogP contribution in [0.15, 0.2) is 82.5 Å². The summed E-state index contributed by atoms with van der Waals surface area (Å²) in [5.41, 5.74) is 1.83. The molecule has 204 valence electrons. The van der Waals surface area contributed by atoms with Gasteiger partial charge in [0, 0.05) is 46.1 Å². The van der Waals surface area contributed by atoms with Crippen molar-refractivity contribution >= 4 is 55.4 Å². The lowest BCUT2D eigenvalue weighted by molar-refractivity contribution is 0.0680. The van der Waals surface area contributed by atoms with Gasteiger partial charge in [-0.15, -0.1) is 0 Å². The van der Waals surface area contributed by atoms with E-state index in [2.05, 4.69) is 51.8 Å². The van der Waals surface area contributed by atoms with E-state index in [1.807, 2.05) is 19.1 Å². The molecule has 0 aromatic carbocycles. The highest BCUT2D eigenvalue weighted by Gasteiger charge is 2.17. The van der Waals surface area contributed by atoms with Crippen LogP contribution in [0.3, 0.4) is 0 Å². The number of ether oxygens (including phenoxy) is 1. The predicted molar refractivity (Wildman–Crippen MR) is 151 cm³/mol. The zero-order chi connectivity index (χ0) is 28.9. The minimum atomic E-state index is -1.08. The Bertz CT molecular complexity index is 1380.